The number of carbonyl (C=O) groups excluding carboxylic acids is 3. The smallest absolute Gasteiger partial charge is 0.306 e. The lowest BCUT2D eigenvalue weighted by molar-refractivity contribution is -0.167. The predicted molar refractivity (Wildman–Crippen MR) is 289 cm³/mol. The maximum absolute atomic E-state index is 12.9. The number of esters is 3. The molecule has 0 heterocycles. The Morgan fingerprint density at radius 1 is 0.299 bits per heavy atom. The normalized spacial score (nSPS) is 12.3. The van der Waals surface area contributed by atoms with Crippen molar-refractivity contribution in [2.75, 3.05) is 13.2 Å². The number of hydrogen-bond donors (Lipinski definition) is 0. The summed E-state index contributed by atoms with van der Waals surface area (Å²) in [5.41, 5.74) is 0. The Hall–Kier alpha value is -2.63. The van der Waals surface area contributed by atoms with Crippen molar-refractivity contribution in [3.8, 4) is 0 Å². The summed E-state index contributed by atoms with van der Waals surface area (Å²) in [6.07, 6.45) is 68.1. The van der Waals surface area contributed by atoms with Gasteiger partial charge in [0.05, 0.1) is 0 Å². The second kappa shape index (κ2) is 56.0. The van der Waals surface area contributed by atoms with Crippen molar-refractivity contribution in [2.45, 2.75) is 309 Å². The maximum Gasteiger partial charge on any atom is 0.306 e. The molecule has 1 unspecified atom stereocenters. The molecule has 0 N–H and O–H groups in total. The van der Waals surface area contributed by atoms with Gasteiger partial charge < -0.3 is 14.2 Å². The molecule has 0 aromatic carbocycles. The third kappa shape index (κ3) is 54.2. The first-order valence-electron chi connectivity index (χ1n) is 29.1. The Labute approximate surface area is 416 Å². The highest BCUT2D eigenvalue weighted by Crippen LogP contribution is 2.16. The minimum Gasteiger partial charge on any atom is -0.462 e. The fourth-order valence-electron chi connectivity index (χ4n) is 8.39. The monoisotopic (exact) mass is 939 g/mol. The molecule has 6 heteroatoms. The van der Waals surface area contributed by atoms with Crippen LogP contribution in [0.25, 0.3) is 0 Å². The van der Waals surface area contributed by atoms with Crippen LogP contribution in [0.15, 0.2) is 48.6 Å². The van der Waals surface area contributed by atoms with Gasteiger partial charge in [-0.1, -0.05) is 256 Å². The second-order valence-corrected chi connectivity index (χ2v) is 19.6. The first-order valence-corrected chi connectivity index (χ1v) is 29.1. The molecular formula is C61H110O6. The van der Waals surface area contributed by atoms with Gasteiger partial charge >= 0.3 is 17.9 Å². The third-order valence-electron chi connectivity index (χ3n) is 12.8. The van der Waals surface area contributed by atoms with E-state index in [2.05, 4.69) is 69.4 Å². The van der Waals surface area contributed by atoms with E-state index >= 15 is 0 Å². The molecule has 0 aromatic heterocycles. The van der Waals surface area contributed by atoms with Gasteiger partial charge in [-0.2, -0.15) is 0 Å². The van der Waals surface area contributed by atoms with E-state index in [-0.39, 0.29) is 31.1 Å². The van der Waals surface area contributed by atoms with Crippen molar-refractivity contribution < 1.29 is 28.6 Å². The Bertz CT molecular complexity index is 1170. The van der Waals surface area contributed by atoms with Gasteiger partial charge in [0.15, 0.2) is 6.10 Å². The Balaban J connectivity index is 4.34. The Kier molecular flexibility index (Phi) is 53.8. The van der Waals surface area contributed by atoms with Crippen LogP contribution < -0.4 is 0 Å². The molecule has 0 amide bonds. The second-order valence-electron chi connectivity index (χ2n) is 19.6. The third-order valence-corrected chi connectivity index (χ3v) is 12.8. The first-order chi connectivity index (χ1) is 33.0. The van der Waals surface area contributed by atoms with Crippen LogP contribution in [0.4, 0.5) is 0 Å². The van der Waals surface area contributed by atoms with Gasteiger partial charge in [0.2, 0.25) is 0 Å². The highest BCUT2D eigenvalue weighted by Gasteiger charge is 2.19. The van der Waals surface area contributed by atoms with Gasteiger partial charge in [0.1, 0.15) is 13.2 Å². The lowest BCUT2D eigenvalue weighted by Crippen LogP contribution is -2.30. The average Bonchev–Trinajstić information content (AvgIpc) is 3.33. The molecule has 0 aliphatic rings. The van der Waals surface area contributed by atoms with E-state index in [0.717, 1.165) is 89.9 Å². The minimum atomic E-state index is -0.778. The van der Waals surface area contributed by atoms with E-state index in [1.54, 1.807) is 0 Å². The van der Waals surface area contributed by atoms with Crippen molar-refractivity contribution in [3.05, 3.63) is 48.6 Å². The molecule has 0 saturated carbocycles. The number of ether oxygens (including phenoxy) is 3. The van der Waals surface area contributed by atoms with E-state index < -0.39 is 6.10 Å². The molecule has 0 bridgehead atoms. The van der Waals surface area contributed by atoms with Crippen LogP contribution in [0.2, 0.25) is 0 Å². The van der Waals surface area contributed by atoms with Crippen LogP contribution in [0, 0.1) is 0 Å². The zero-order chi connectivity index (χ0) is 48.6. The topological polar surface area (TPSA) is 78.9 Å². The highest BCUT2D eigenvalue weighted by atomic mass is 16.6. The molecule has 0 aliphatic heterocycles. The largest absolute Gasteiger partial charge is 0.462 e. The lowest BCUT2D eigenvalue weighted by atomic mass is 10.0. The number of allylic oxidation sites excluding steroid dienone is 8. The van der Waals surface area contributed by atoms with Crippen LogP contribution in [0.1, 0.15) is 303 Å². The summed E-state index contributed by atoms with van der Waals surface area (Å²) in [7, 11) is 0. The van der Waals surface area contributed by atoms with E-state index in [4.69, 9.17) is 14.2 Å². The zero-order valence-corrected chi connectivity index (χ0v) is 44.7. The molecule has 0 aromatic rings. The summed E-state index contributed by atoms with van der Waals surface area (Å²) in [6, 6.07) is 0. The predicted octanol–water partition coefficient (Wildman–Crippen LogP) is 19.4. The zero-order valence-electron chi connectivity index (χ0n) is 44.7. The van der Waals surface area contributed by atoms with E-state index in [1.807, 2.05) is 0 Å². The summed E-state index contributed by atoms with van der Waals surface area (Å²) in [5.74, 6) is -0.880. The molecule has 0 saturated heterocycles. The summed E-state index contributed by atoms with van der Waals surface area (Å²) in [4.78, 5) is 38.1. The molecule has 67 heavy (non-hydrogen) atoms. The SMILES string of the molecule is CCC/C=C\C/C=C\CCCCCCCC(=O)OCC(COC(=O)CCCCCCCCCCC/C=C\C/C=C\CCCCC)OC(=O)CCCCCCCCCCCCCCCCCCC. The number of rotatable bonds is 53. The fraction of sp³-hybridized carbons (Fsp3) is 0.820. The standard InChI is InChI=1S/C61H110O6/c1-4-7-10-13-16-19-22-25-27-29-30-32-33-36-39-42-45-48-51-54-60(63)66-57-58(56-65-59(62)53-50-47-44-41-38-35-24-21-18-15-12-9-6-3)67-61(64)55-52-49-46-43-40-37-34-31-28-26-23-20-17-14-11-8-5-2/h12,15-16,19,21,24-25,27,58H,4-11,13-14,17-18,20,22-23,26,28-57H2,1-3H3/b15-12-,19-16-,24-21-,27-25-. The molecule has 0 aliphatic carbocycles. The molecule has 0 fully saturated rings. The van der Waals surface area contributed by atoms with E-state index in [1.165, 1.54) is 173 Å². The van der Waals surface area contributed by atoms with Gasteiger partial charge in [0, 0.05) is 19.3 Å². The van der Waals surface area contributed by atoms with Crippen molar-refractivity contribution in [1.29, 1.82) is 0 Å². The van der Waals surface area contributed by atoms with Crippen LogP contribution in [-0.2, 0) is 28.6 Å². The van der Waals surface area contributed by atoms with Gasteiger partial charge in [-0.15, -0.1) is 0 Å². The summed E-state index contributed by atoms with van der Waals surface area (Å²) >= 11 is 0. The van der Waals surface area contributed by atoms with Crippen molar-refractivity contribution in [3.63, 3.8) is 0 Å². The molecular weight excluding hydrogens is 829 g/mol. The van der Waals surface area contributed by atoms with E-state index in [0.29, 0.717) is 19.3 Å². The van der Waals surface area contributed by atoms with Crippen molar-refractivity contribution in [1.82, 2.24) is 0 Å². The first kappa shape index (κ1) is 64.4. The van der Waals surface area contributed by atoms with Gasteiger partial charge in [-0.3, -0.25) is 14.4 Å². The van der Waals surface area contributed by atoms with E-state index in [9.17, 15) is 14.4 Å². The minimum absolute atomic E-state index is 0.0770. The quantitative estimate of drug-likeness (QED) is 0.0262. The van der Waals surface area contributed by atoms with Crippen LogP contribution in [0.3, 0.4) is 0 Å². The fourth-order valence-corrected chi connectivity index (χ4v) is 8.39. The van der Waals surface area contributed by atoms with Crippen LogP contribution in [0.5, 0.6) is 0 Å². The van der Waals surface area contributed by atoms with Crippen LogP contribution >= 0.6 is 0 Å². The van der Waals surface area contributed by atoms with Gasteiger partial charge in [0.25, 0.3) is 0 Å². The molecule has 1 atom stereocenters. The molecule has 6 nitrogen and oxygen atoms in total. The van der Waals surface area contributed by atoms with Gasteiger partial charge in [-0.25, -0.2) is 0 Å². The highest BCUT2D eigenvalue weighted by molar-refractivity contribution is 5.71. The maximum atomic E-state index is 12.9. The number of unbranched alkanes of at least 4 members (excludes halogenated alkanes) is 34. The summed E-state index contributed by atoms with van der Waals surface area (Å²) < 4.78 is 16.9. The van der Waals surface area contributed by atoms with Crippen LogP contribution in [-0.4, -0.2) is 37.2 Å². The lowest BCUT2D eigenvalue weighted by Gasteiger charge is -2.18. The molecule has 0 rings (SSSR count). The van der Waals surface area contributed by atoms with Crippen molar-refractivity contribution >= 4 is 17.9 Å². The Morgan fingerprint density at radius 2 is 0.567 bits per heavy atom. The summed E-state index contributed by atoms with van der Waals surface area (Å²) in [6.45, 7) is 6.57. The molecule has 390 valence electrons. The average molecular weight is 940 g/mol. The summed E-state index contributed by atoms with van der Waals surface area (Å²) in [5, 5.41) is 0. The number of hydrogen-bond acceptors (Lipinski definition) is 6. The molecule has 0 radical (unpaired) electrons. The molecule has 0 spiro atoms. The Morgan fingerprint density at radius 3 is 0.910 bits per heavy atom. The van der Waals surface area contributed by atoms with Crippen molar-refractivity contribution in [2.24, 2.45) is 0 Å². The van der Waals surface area contributed by atoms with Gasteiger partial charge in [-0.05, 0) is 77.0 Å². The number of carbonyl (C=O) groups is 3.